The lowest BCUT2D eigenvalue weighted by atomic mass is 10.2. The van der Waals surface area contributed by atoms with Crippen LogP contribution in [-0.4, -0.2) is 23.4 Å². The second-order valence-electron chi connectivity index (χ2n) is 6.69. The zero-order valence-electron chi connectivity index (χ0n) is 14.6. The maximum Gasteiger partial charge on any atom is 0.417 e. The van der Waals surface area contributed by atoms with Gasteiger partial charge in [0.2, 0.25) is 0 Å². The summed E-state index contributed by atoms with van der Waals surface area (Å²) in [6.45, 7) is 12.1. The number of amides is 2. The summed E-state index contributed by atoms with van der Waals surface area (Å²) in [5.41, 5.74) is -0.680. The van der Waals surface area contributed by atoms with Crippen molar-refractivity contribution in [2.75, 3.05) is 0 Å². The topological polar surface area (TPSA) is 102 Å². The highest BCUT2D eigenvalue weighted by Gasteiger charge is 2.21. The minimum atomic E-state index is -0.809. The molecule has 7 nitrogen and oxygen atoms in total. The molecule has 1 N–H and O–H groups in total. The first-order valence-electron chi connectivity index (χ1n) is 7.00. The van der Waals surface area contributed by atoms with Gasteiger partial charge in [-0.2, -0.15) is 5.26 Å². The molecule has 2 amide bonds. The van der Waals surface area contributed by atoms with Crippen molar-refractivity contribution >= 4 is 12.2 Å². The zero-order chi connectivity index (χ0) is 18.3. The number of alkyl carbamates (subject to hydrolysis) is 2. The van der Waals surface area contributed by atoms with E-state index in [1.165, 1.54) is 6.26 Å². The average molecular weight is 324 g/mol. The highest BCUT2D eigenvalue weighted by molar-refractivity contribution is 5.87. The van der Waals surface area contributed by atoms with Crippen molar-refractivity contribution in [3.63, 3.8) is 0 Å². The number of nitrogens with one attached hydrogen (secondary N) is 1. The molecule has 1 heterocycles. The third-order valence-corrected chi connectivity index (χ3v) is 1.86. The molecule has 0 aliphatic carbocycles. The van der Waals surface area contributed by atoms with Crippen LogP contribution in [0.25, 0.3) is 0 Å². The summed E-state index contributed by atoms with van der Waals surface area (Å²) in [6.07, 6.45) is -0.177. The van der Waals surface area contributed by atoms with Gasteiger partial charge in [0.15, 0.2) is 0 Å². The Labute approximate surface area is 136 Å². The third-order valence-electron chi connectivity index (χ3n) is 1.86. The van der Waals surface area contributed by atoms with Crippen LogP contribution < -0.4 is 5.32 Å². The lowest BCUT2D eigenvalue weighted by molar-refractivity contribution is 0.0353. The quantitative estimate of drug-likeness (QED) is 0.776. The first-order chi connectivity index (χ1) is 10.3. The minimum absolute atomic E-state index is 0.586. The van der Waals surface area contributed by atoms with Gasteiger partial charge in [-0.25, -0.2) is 14.9 Å². The molecule has 0 aromatic carbocycles. The highest BCUT2D eigenvalue weighted by Crippen LogP contribution is 2.08. The molecule has 0 atom stereocenters. The van der Waals surface area contributed by atoms with E-state index >= 15 is 0 Å². The van der Waals surface area contributed by atoms with Crippen LogP contribution in [0.15, 0.2) is 16.7 Å². The van der Waals surface area contributed by atoms with Gasteiger partial charge in [0.25, 0.3) is 0 Å². The zero-order valence-corrected chi connectivity index (χ0v) is 14.6. The molecule has 0 radical (unpaired) electrons. The number of carbonyl (C=O) groups excluding carboxylic acids is 2. The van der Waals surface area contributed by atoms with Gasteiger partial charge in [-0.3, -0.25) is 0 Å². The van der Waals surface area contributed by atoms with Crippen molar-refractivity contribution < 1.29 is 23.5 Å². The van der Waals surface area contributed by atoms with E-state index in [0.717, 1.165) is 5.76 Å². The van der Waals surface area contributed by atoms with Gasteiger partial charge in [-0.15, -0.1) is 0 Å². The summed E-state index contributed by atoms with van der Waals surface area (Å²) < 4.78 is 14.6. The second kappa shape index (κ2) is 8.22. The third kappa shape index (κ3) is 11.8. The number of nitrogens with zero attached hydrogens (tertiary/aromatic N) is 1. The predicted octanol–water partition coefficient (Wildman–Crippen LogP) is 3.91. The summed E-state index contributed by atoms with van der Waals surface area (Å²) in [6, 6.07) is 3.65. The molecule has 128 valence electrons. The van der Waals surface area contributed by atoms with E-state index in [2.05, 4.69) is 0 Å². The Morgan fingerprint density at radius 3 is 1.74 bits per heavy atom. The lowest BCUT2D eigenvalue weighted by Gasteiger charge is -2.21. The molecule has 0 bridgehead atoms. The van der Waals surface area contributed by atoms with Crippen molar-refractivity contribution in [1.29, 1.82) is 5.26 Å². The van der Waals surface area contributed by atoms with Crippen molar-refractivity contribution in [1.82, 2.24) is 5.32 Å². The Morgan fingerprint density at radius 1 is 1.09 bits per heavy atom. The molecule has 1 rings (SSSR count). The van der Waals surface area contributed by atoms with Crippen molar-refractivity contribution in [2.45, 2.75) is 59.7 Å². The fourth-order valence-corrected chi connectivity index (χ4v) is 1.19. The van der Waals surface area contributed by atoms with E-state index in [-0.39, 0.29) is 0 Å². The first kappa shape index (κ1) is 20.5. The van der Waals surface area contributed by atoms with Gasteiger partial charge < -0.3 is 13.9 Å². The van der Waals surface area contributed by atoms with Crippen LogP contribution in [0.3, 0.4) is 0 Å². The Kier molecular flexibility index (Phi) is 7.33. The minimum Gasteiger partial charge on any atom is -0.468 e. The maximum atomic E-state index is 11.1. The lowest BCUT2D eigenvalue weighted by Crippen LogP contribution is -2.39. The number of hydrogen-bond acceptors (Lipinski definition) is 6. The normalized spacial score (nSPS) is 10.7. The van der Waals surface area contributed by atoms with Crippen LogP contribution in [-0.2, 0) is 9.47 Å². The summed E-state index contributed by atoms with van der Waals surface area (Å²) >= 11 is 0. The molecule has 1 aromatic heterocycles. The number of hydrogen-bond donors (Lipinski definition) is 1. The van der Waals surface area contributed by atoms with Crippen LogP contribution in [0, 0.1) is 18.3 Å². The van der Waals surface area contributed by atoms with E-state index < -0.39 is 23.4 Å². The van der Waals surface area contributed by atoms with Crippen LogP contribution in [0.2, 0.25) is 0 Å². The summed E-state index contributed by atoms with van der Waals surface area (Å²) in [5.74, 6) is 0.779. The van der Waals surface area contributed by atoms with E-state index in [9.17, 15) is 9.59 Å². The van der Waals surface area contributed by atoms with E-state index in [0.29, 0.717) is 5.56 Å². The Morgan fingerprint density at radius 2 is 1.52 bits per heavy atom. The van der Waals surface area contributed by atoms with Crippen LogP contribution >= 0.6 is 0 Å². The number of nitriles is 1. The van der Waals surface area contributed by atoms with Gasteiger partial charge >= 0.3 is 12.2 Å². The number of aryl methyl sites for hydroxylation is 1. The van der Waals surface area contributed by atoms with E-state index in [4.69, 9.17) is 19.2 Å². The van der Waals surface area contributed by atoms with Gasteiger partial charge in [0.1, 0.15) is 29.3 Å². The van der Waals surface area contributed by atoms with Gasteiger partial charge in [0, 0.05) is 0 Å². The number of rotatable bonds is 0. The summed E-state index contributed by atoms with van der Waals surface area (Å²) in [5, 5.41) is 10.2. The number of carbonyl (C=O) groups is 2. The second-order valence-corrected chi connectivity index (χ2v) is 6.69. The van der Waals surface area contributed by atoms with Crippen molar-refractivity contribution in [3.05, 3.63) is 23.7 Å². The Balaban J connectivity index is 0.000000502. The first-order valence-corrected chi connectivity index (χ1v) is 7.00. The molecule has 0 saturated heterocycles. The molecule has 1 aromatic rings. The SMILES string of the molecule is CC(C)(C)OC(=O)NC(=O)OC(C)(C)C.Cc1cc(C#N)co1. The molecule has 0 fully saturated rings. The number of furan rings is 1. The molecule has 0 aliphatic rings. The highest BCUT2D eigenvalue weighted by atomic mass is 16.6. The molecule has 23 heavy (non-hydrogen) atoms. The smallest absolute Gasteiger partial charge is 0.417 e. The molecular formula is C16H24N2O5. The van der Waals surface area contributed by atoms with Gasteiger partial charge in [0.05, 0.1) is 5.56 Å². The Hall–Kier alpha value is -2.49. The van der Waals surface area contributed by atoms with Crippen LogP contribution in [0.5, 0.6) is 0 Å². The molecule has 0 unspecified atom stereocenters. The van der Waals surface area contributed by atoms with Crippen molar-refractivity contribution in [2.24, 2.45) is 0 Å². The summed E-state index contributed by atoms with van der Waals surface area (Å²) in [7, 11) is 0. The van der Waals surface area contributed by atoms with E-state index in [1.807, 2.05) is 11.4 Å². The van der Waals surface area contributed by atoms with Gasteiger partial charge in [-0.05, 0) is 54.5 Å². The molecule has 7 heteroatoms. The number of imide groups is 1. The standard InChI is InChI=1S/C10H19NO4.C6H5NO/c1-9(2,3)14-7(12)11-8(13)15-10(4,5)6;1-5-2-6(3-7)4-8-5/h1-6H3,(H,11,12,13);2,4H,1H3. The molecule has 0 aliphatic heterocycles. The Bertz CT molecular complexity index is 545. The van der Waals surface area contributed by atoms with Crippen LogP contribution in [0.4, 0.5) is 9.59 Å². The fourth-order valence-electron chi connectivity index (χ4n) is 1.19. The summed E-state index contributed by atoms with van der Waals surface area (Å²) in [4.78, 5) is 22.2. The predicted molar refractivity (Wildman–Crippen MR) is 83.8 cm³/mol. The monoisotopic (exact) mass is 324 g/mol. The van der Waals surface area contributed by atoms with Gasteiger partial charge in [-0.1, -0.05) is 0 Å². The molecule has 0 saturated carbocycles. The molecular weight excluding hydrogens is 300 g/mol. The largest absolute Gasteiger partial charge is 0.468 e. The average Bonchev–Trinajstić information content (AvgIpc) is 2.70. The van der Waals surface area contributed by atoms with E-state index in [1.54, 1.807) is 54.5 Å². The van der Waals surface area contributed by atoms with Crippen molar-refractivity contribution in [3.8, 4) is 6.07 Å². The maximum absolute atomic E-state index is 11.1. The number of ether oxygens (including phenoxy) is 2. The van der Waals surface area contributed by atoms with Crippen LogP contribution in [0.1, 0.15) is 52.9 Å². The molecule has 0 spiro atoms. The fraction of sp³-hybridized carbons (Fsp3) is 0.562.